The van der Waals surface area contributed by atoms with Crippen LogP contribution < -0.4 is 15.6 Å². The largest absolute Gasteiger partial charge is 0.506 e. The number of nitrogens with zero attached hydrogens (tertiary/aromatic N) is 3. The number of phenolic OH excluding ortho intramolecular Hbond substituents is 1. The van der Waals surface area contributed by atoms with Crippen molar-refractivity contribution < 1.29 is 34.1 Å². The van der Waals surface area contributed by atoms with Gasteiger partial charge in [0.2, 0.25) is 17.4 Å². The van der Waals surface area contributed by atoms with Gasteiger partial charge in [-0.3, -0.25) is 24.1 Å². The minimum atomic E-state index is -0.893. The molecule has 4 aliphatic rings. The van der Waals surface area contributed by atoms with Crippen LogP contribution in [0.15, 0.2) is 108 Å². The van der Waals surface area contributed by atoms with Gasteiger partial charge in [-0.1, -0.05) is 72.8 Å². The van der Waals surface area contributed by atoms with Gasteiger partial charge in [-0.15, -0.1) is 0 Å². The Morgan fingerprint density at radius 3 is 2.31 bits per heavy atom. The number of hydrogen-bond acceptors (Lipinski definition) is 10. The molecule has 13 heteroatoms. The monoisotopic (exact) mass is 869 g/mol. The molecule has 4 saturated heterocycles. The summed E-state index contributed by atoms with van der Waals surface area (Å²) in [6.07, 6.45) is 3.22. The number of nitrogens with one attached hydrogen (secondary N) is 2. The molecule has 0 aliphatic carbocycles. The van der Waals surface area contributed by atoms with E-state index in [-0.39, 0.29) is 60.1 Å². The van der Waals surface area contributed by atoms with Crippen LogP contribution in [0, 0.1) is 5.92 Å². The molecule has 64 heavy (non-hydrogen) atoms. The van der Waals surface area contributed by atoms with Crippen LogP contribution in [0.4, 0.5) is 0 Å². The van der Waals surface area contributed by atoms with Crippen LogP contribution in [0.1, 0.15) is 66.0 Å². The fourth-order valence-corrected chi connectivity index (χ4v) is 9.72. The molecule has 1 aromatic heterocycles. The SMILES string of the molecule is COc1cccc(CN(CCCNCC(O)c2ccc(O)c3[nH]c(=O)ccc23)C(=O)Cc2ccc(CC(=O)N3CCC(C(=O)OC4CN5CCC4CC5)(c4ccccc4)CC3)cc2)c1. The van der Waals surface area contributed by atoms with Gasteiger partial charge in [0.15, 0.2) is 0 Å². The van der Waals surface area contributed by atoms with Crippen LogP contribution in [0.5, 0.6) is 11.5 Å². The summed E-state index contributed by atoms with van der Waals surface area (Å²) < 4.78 is 11.8. The van der Waals surface area contributed by atoms with E-state index in [2.05, 4.69) is 15.2 Å². The van der Waals surface area contributed by atoms with E-state index in [1.165, 1.54) is 12.1 Å². The molecule has 4 fully saturated rings. The van der Waals surface area contributed by atoms with Crippen LogP contribution in [0.3, 0.4) is 0 Å². The van der Waals surface area contributed by atoms with Gasteiger partial charge in [0, 0.05) is 50.7 Å². The van der Waals surface area contributed by atoms with Crippen LogP contribution in [-0.4, -0.2) is 113 Å². The third-order valence-electron chi connectivity index (χ3n) is 13.5. The fraction of sp³-hybridized carbons (Fsp3) is 0.412. The van der Waals surface area contributed by atoms with E-state index >= 15 is 0 Å². The third kappa shape index (κ3) is 10.3. The number of fused-ring (bicyclic) bond motifs is 4. The number of aromatic hydroxyl groups is 1. The smallest absolute Gasteiger partial charge is 0.317 e. The maximum Gasteiger partial charge on any atom is 0.317 e. The second kappa shape index (κ2) is 20.2. The number of hydrogen-bond donors (Lipinski definition) is 4. The molecule has 0 spiro atoms. The Kier molecular flexibility index (Phi) is 14.1. The molecule has 0 saturated carbocycles. The van der Waals surface area contributed by atoms with Crippen molar-refractivity contribution in [3.8, 4) is 11.5 Å². The van der Waals surface area contributed by atoms with Crippen LogP contribution in [0.2, 0.25) is 0 Å². The highest BCUT2D eigenvalue weighted by Crippen LogP contribution is 2.39. The van der Waals surface area contributed by atoms with E-state index in [1.54, 1.807) is 19.2 Å². The number of carbonyl (C=O) groups is 3. The number of ether oxygens (including phenoxy) is 2. The second-order valence-corrected chi connectivity index (χ2v) is 17.6. The molecule has 5 aromatic rings. The van der Waals surface area contributed by atoms with Crippen LogP contribution >= 0.6 is 0 Å². The Morgan fingerprint density at radius 2 is 1.61 bits per heavy atom. The summed E-state index contributed by atoms with van der Waals surface area (Å²) in [6, 6.07) is 31.3. The molecule has 13 nitrogen and oxygen atoms in total. The lowest BCUT2D eigenvalue weighted by molar-refractivity contribution is -0.168. The molecule has 2 atom stereocenters. The van der Waals surface area contributed by atoms with E-state index < -0.39 is 11.5 Å². The highest BCUT2D eigenvalue weighted by atomic mass is 16.5. The standard InChI is InChI=1S/C51H59N5O8/c1-63-40-10-5-7-37(29-40)33-56(24-6-23-52-32-44(58)41-15-17-43(57)49-42(41)16-18-46(59)53-49)48(61)31-36-13-11-35(12-14-36)30-47(60)55-27-21-51(22-28-55,39-8-3-2-4-9-39)50(62)64-45-34-54-25-19-38(45)20-26-54/h2-5,7-18,29,38,44-45,52,57-58H,6,19-28,30-34H2,1H3,(H,53,59). The summed E-state index contributed by atoms with van der Waals surface area (Å²) in [5, 5.41) is 25.1. The number of pyridine rings is 1. The van der Waals surface area contributed by atoms with Gasteiger partial charge in [-0.25, -0.2) is 0 Å². The lowest BCUT2D eigenvalue weighted by Crippen LogP contribution is -2.55. The number of amides is 2. The van der Waals surface area contributed by atoms with E-state index in [0.29, 0.717) is 74.6 Å². The molecule has 5 heterocycles. The summed E-state index contributed by atoms with van der Waals surface area (Å²) in [5.41, 5.74) is 3.32. The summed E-state index contributed by atoms with van der Waals surface area (Å²) in [7, 11) is 1.61. The highest BCUT2D eigenvalue weighted by Gasteiger charge is 2.47. The quantitative estimate of drug-likeness (QED) is 0.0716. The summed E-state index contributed by atoms with van der Waals surface area (Å²) in [5.74, 6) is 0.865. The van der Waals surface area contributed by atoms with Gasteiger partial charge < -0.3 is 39.8 Å². The molecule has 4 N–H and O–H groups in total. The number of carbonyl (C=O) groups excluding carboxylic acids is 3. The number of aliphatic hydroxyl groups is 1. The molecule has 4 aromatic carbocycles. The number of methoxy groups -OCH3 is 1. The maximum atomic E-state index is 14.1. The number of benzene rings is 4. The van der Waals surface area contributed by atoms with Gasteiger partial charge in [0.1, 0.15) is 17.6 Å². The molecule has 4 aliphatic heterocycles. The first kappa shape index (κ1) is 44.6. The van der Waals surface area contributed by atoms with Crippen molar-refractivity contribution in [2.45, 2.75) is 69.1 Å². The average molecular weight is 870 g/mol. The molecule has 2 bridgehead atoms. The molecule has 336 valence electrons. The minimum Gasteiger partial charge on any atom is -0.506 e. The topological polar surface area (TPSA) is 165 Å². The van der Waals surface area contributed by atoms with E-state index in [0.717, 1.165) is 54.7 Å². The average Bonchev–Trinajstić information content (AvgIpc) is 3.32. The molecule has 2 amide bonds. The van der Waals surface area contributed by atoms with E-state index in [1.807, 2.05) is 88.7 Å². The van der Waals surface area contributed by atoms with Gasteiger partial charge in [0.25, 0.3) is 0 Å². The van der Waals surface area contributed by atoms with Crippen LogP contribution in [-0.2, 0) is 43.9 Å². The normalized spacial score (nSPS) is 19.5. The predicted molar refractivity (Wildman–Crippen MR) is 244 cm³/mol. The van der Waals surface area contributed by atoms with Gasteiger partial charge >= 0.3 is 5.97 Å². The number of phenols is 1. The lowest BCUT2D eigenvalue weighted by Gasteiger charge is -2.46. The highest BCUT2D eigenvalue weighted by molar-refractivity contribution is 5.87. The van der Waals surface area contributed by atoms with E-state index in [9.17, 15) is 29.4 Å². The Balaban J connectivity index is 0.850. The van der Waals surface area contributed by atoms with Crippen molar-refractivity contribution in [1.29, 1.82) is 0 Å². The zero-order chi connectivity index (χ0) is 44.6. The Labute approximate surface area is 374 Å². The van der Waals surface area contributed by atoms with E-state index in [4.69, 9.17) is 9.47 Å². The number of aliphatic hydroxyl groups excluding tert-OH is 1. The number of rotatable bonds is 17. The number of aromatic amines is 1. The van der Waals surface area contributed by atoms with Gasteiger partial charge in [0.05, 0.1) is 37.0 Å². The Morgan fingerprint density at radius 1 is 0.875 bits per heavy atom. The van der Waals surface area contributed by atoms with Gasteiger partial charge in [-0.2, -0.15) is 0 Å². The van der Waals surface area contributed by atoms with Crippen molar-refractivity contribution in [2.24, 2.45) is 5.92 Å². The second-order valence-electron chi connectivity index (χ2n) is 17.6. The summed E-state index contributed by atoms with van der Waals surface area (Å²) in [6.45, 7) is 5.51. The van der Waals surface area contributed by atoms with Crippen molar-refractivity contribution in [1.82, 2.24) is 25.0 Å². The molecule has 0 radical (unpaired) electrons. The van der Waals surface area contributed by atoms with Crippen molar-refractivity contribution in [3.05, 3.63) is 141 Å². The number of H-pyrrole nitrogens is 1. The summed E-state index contributed by atoms with van der Waals surface area (Å²) in [4.78, 5) is 62.2. The number of aromatic nitrogens is 1. The first-order valence-electron chi connectivity index (χ1n) is 22.6. The Bertz CT molecular complexity index is 2460. The number of piperidine rings is 4. The zero-order valence-corrected chi connectivity index (χ0v) is 36.5. The first-order chi connectivity index (χ1) is 31.1. The fourth-order valence-electron chi connectivity index (χ4n) is 9.72. The van der Waals surface area contributed by atoms with Crippen LogP contribution in [0.25, 0.3) is 10.9 Å². The molecule has 9 rings (SSSR count). The molecular weight excluding hydrogens is 811 g/mol. The van der Waals surface area contributed by atoms with Crippen molar-refractivity contribution in [3.63, 3.8) is 0 Å². The molecule has 2 unspecified atom stereocenters. The lowest BCUT2D eigenvalue weighted by atomic mass is 9.72. The number of likely N-dealkylation sites (tertiary alicyclic amines) is 1. The molecular formula is C51H59N5O8. The minimum absolute atomic E-state index is 0.00889. The van der Waals surface area contributed by atoms with Crippen molar-refractivity contribution >= 4 is 28.7 Å². The number of esters is 1. The van der Waals surface area contributed by atoms with Crippen molar-refractivity contribution in [2.75, 3.05) is 59.5 Å². The summed E-state index contributed by atoms with van der Waals surface area (Å²) >= 11 is 0. The zero-order valence-electron chi connectivity index (χ0n) is 36.5. The Hall–Kier alpha value is -6.02. The first-order valence-corrected chi connectivity index (χ1v) is 22.6. The van der Waals surface area contributed by atoms with Gasteiger partial charge in [-0.05, 0) is 110 Å². The predicted octanol–water partition coefficient (Wildman–Crippen LogP) is 5.27. The third-order valence-corrected chi connectivity index (χ3v) is 13.5. The maximum absolute atomic E-state index is 14.1.